The molecule has 7 rings (SSSR count). The van der Waals surface area contributed by atoms with Crippen LogP contribution in [0.25, 0.3) is 5.69 Å². The molecular weight excluding hydrogens is 440 g/mol. The van der Waals surface area contributed by atoms with E-state index in [9.17, 15) is 9.59 Å². The summed E-state index contributed by atoms with van der Waals surface area (Å²) in [6.07, 6.45) is 6.37. The number of nitrogens with zero attached hydrogens (tertiary/aromatic N) is 4. The molecule has 2 bridgehead atoms. The summed E-state index contributed by atoms with van der Waals surface area (Å²) in [7, 11) is 0. The molecule has 7 nitrogen and oxygen atoms in total. The Bertz CT molecular complexity index is 1190. The molecule has 0 radical (unpaired) electrons. The second-order valence-electron chi connectivity index (χ2n) is 11.7. The normalized spacial score (nSPS) is 26.7. The van der Waals surface area contributed by atoms with Gasteiger partial charge in [0.15, 0.2) is 0 Å². The Morgan fingerprint density at radius 1 is 1.11 bits per heavy atom. The van der Waals surface area contributed by atoms with Crippen LogP contribution in [-0.2, 0) is 27.8 Å². The maximum Gasteiger partial charge on any atom is 0.410 e. The molecule has 3 heterocycles. The van der Waals surface area contributed by atoms with Crippen molar-refractivity contribution in [3.8, 4) is 5.69 Å². The summed E-state index contributed by atoms with van der Waals surface area (Å²) >= 11 is 0. The predicted molar refractivity (Wildman–Crippen MR) is 132 cm³/mol. The lowest BCUT2D eigenvalue weighted by molar-refractivity contribution is -0.126. The van der Waals surface area contributed by atoms with Crippen molar-refractivity contribution in [1.82, 2.24) is 19.6 Å². The first-order valence-corrected chi connectivity index (χ1v) is 12.8. The van der Waals surface area contributed by atoms with Gasteiger partial charge in [-0.2, -0.15) is 5.10 Å². The second kappa shape index (κ2) is 7.70. The fourth-order valence-corrected chi connectivity index (χ4v) is 6.46. The Balaban J connectivity index is 1.36. The summed E-state index contributed by atoms with van der Waals surface area (Å²) in [6.45, 7) is 10.8. The number of carbonyl (C=O) groups is 2. The first-order chi connectivity index (χ1) is 16.7. The predicted octanol–water partition coefficient (Wildman–Crippen LogP) is 4.33. The monoisotopic (exact) mass is 474 g/mol. The summed E-state index contributed by atoms with van der Waals surface area (Å²) < 4.78 is 7.81. The van der Waals surface area contributed by atoms with E-state index >= 15 is 0 Å². The summed E-state index contributed by atoms with van der Waals surface area (Å²) in [6, 6.07) is 8.66. The van der Waals surface area contributed by atoms with E-state index in [0.29, 0.717) is 37.9 Å². The Kier molecular flexibility index (Phi) is 4.93. The minimum atomic E-state index is -0.589. The van der Waals surface area contributed by atoms with Gasteiger partial charge in [0.05, 0.1) is 23.1 Å². The van der Waals surface area contributed by atoms with Crippen LogP contribution < -0.4 is 0 Å². The van der Waals surface area contributed by atoms with Crippen LogP contribution >= 0.6 is 0 Å². The minimum Gasteiger partial charge on any atom is -0.444 e. The van der Waals surface area contributed by atoms with Gasteiger partial charge in [0, 0.05) is 38.0 Å². The van der Waals surface area contributed by atoms with E-state index in [1.807, 2.05) is 20.8 Å². The van der Waals surface area contributed by atoms with Gasteiger partial charge in [-0.05, 0) is 75.1 Å². The van der Waals surface area contributed by atoms with Crippen LogP contribution in [0, 0.1) is 5.92 Å². The number of hydrogen-bond donors (Lipinski definition) is 0. The molecule has 35 heavy (non-hydrogen) atoms. The zero-order valence-electron chi connectivity index (χ0n) is 20.9. The number of aromatic nitrogens is 2. The SMILES string of the molecule is C=CC(=O)N1CCc2nn(-c3ccc(C45CC(C4)C5)cc3)c3c2[C@@H](C1)N(C(=O)OC(C)(C)C)CC3. The number of ether oxygens (including phenoxy) is 1. The van der Waals surface area contributed by atoms with Gasteiger partial charge >= 0.3 is 6.09 Å². The summed E-state index contributed by atoms with van der Waals surface area (Å²) in [5, 5.41) is 5.04. The van der Waals surface area contributed by atoms with Crippen molar-refractivity contribution in [3.63, 3.8) is 0 Å². The second-order valence-corrected chi connectivity index (χ2v) is 11.7. The third-order valence-electron chi connectivity index (χ3n) is 8.29. The highest BCUT2D eigenvalue weighted by atomic mass is 16.6. The lowest BCUT2D eigenvalue weighted by Crippen LogP contribution is -2.55. The lowest BCUT2D eigenvalue weighted by atomic mass is 9.42. The van der Waals surface area contributed by atoms with Crippen LogP contribution in [0.2, 0.25) is 0 Å². The Hall–Kier alpha value is -3.09. The highest BCUT2D eigenvalue weighted by Crippen LogP contribution is 2.65. The maximum absolute atomic E-state index is 13.2. The van der Waals surface area contributed by atoms with Crippen LogP contribution in [0.15, 0.2) is 36.9 Å². The fraction of sp³-hybridized carbons (Fsp3) is 0.536. The van der Waals surface area contributed by atoms with Gasteiger partial charge in [-0.15, -0.1) is 0 Å². The molecule has 0 saturated heterocycles. The standard InChI is InChI=1S/C28H34N4O3/c1-5-24(33)30-12-10-21-25-22(11-13-31(23(25)17-30)26(34)35-27(2,3)4)32(29-21)20-8-6-19(7-9-20)28-14-18(15-28)16-28/h5-9,18,23H,1,10-17H2,2-4H3/t18?,23-,28?/m1/s1. The lowest BCUT2D eigenvalue weighted by Gasteiger charge is -2.62. The van der Waals surface area contributed by atoms with Gasteiger partial charge in [-0.25, -0.2) is 9.48 Å². The van der Waals surface area contributed by atoms with Crippen molar-refractivity contribution in [2.45, 2.75) is 69.9 Å². The van der Waals surface area contributed by atoms with Gasteiger partial charge in [0.25, 0.3) is 0 Å². The Labute approximate surface area is 206 Å². The molecule has 1 atom stereocenters. The number of rotatable bonds is 3. The first-order valence-electron chi connectivity index (χ1n) is 12.8. The molecule has 0 unspecified atom stereocenters. The highest BCUT2D eigenvalue weighted by Gasteiger charge is 2.57. The average Bonchev–Trinajstić information content (AvgIpc) is 3.01. The van der Waals surface area contributed by atoms with Crippen LogP contribution in [0.1, 0.15) is 68.6 Å². The molecule has 5 aliphatic rings. The molecule has 2 aliphatic heterocycles. The molecule has 2 aromatic rings. The van der Waals surface area contributed by atoms with Gasteiger partial charge < -0.3 is 9.64 Å². The van der Waals surface area contributed by atoms with Crippen LogP contribution in [0.3, 0.4) is 0 Å². The Morgan fingerprint density at radius 3 is 2.43 bits per heavy atom. The number of amides is 2. The van der Waals surface area contributed by atoms with Gasteiger partial charge in [-0.1, -0.05) is 18.7 Å². The summed E-state index contributed by atoms with van der Waals surface area (Å²) in [5.41, 5.74) is 5.54. The molecule has 0 N–H and O–H groups in total. The van der Waals surface area contributed by atoms with E-state index in [1.54, 1.807) is 9.80 Å². The van der Waals surface area contributed by atoms with Crippen molar-refractivity contribution in [1.29, 1.82) is 0 Å². The molecule has 3 saturated carbocycles. The van der Waals surface area contributed by atoms with Crippen molar-refractivity contribution < 1.29 is 14.3 Å². The maximum atomic E-state index is 13.2. The quantitative estimate of drug-likeness (QED) is 0.621. The molecule has 1 aromatic carbocycles. The van der Waals surface area contributed by atoms with E-state index in [1.165, 1.54) is 30.9 Å². The average molecular weight is 475 g/mol. The number of benzene rings is 1. The van der Waals surface area contributed by atoms with Crippen molar-refractivity contribution in [2.24, 2.45) is 5.92 Å². The van der Waals surface area contributed by atoms with Crippen LogP contribution in [-0.4, -0.2) is 56.8 Å². The molecule has 0 spiro atoms. The van der Waals surface area contributed by atoms with Gasteiger partial charge in [0.2, 0.25) is 5.91 Å². The van der Waals surface area contributed by atoms with Crippen molar-refractivity contribution in [2.75, 3.05) is 19.6 Å². The zero-order valence-corrected chi connectivity index (χ0v) is 20.9. The van der Waals surface area contributed by atoms with E-state index in [4.69, 9.17) is 9.84 Å². The summed E-state index contributed by atoms with van der Waals surface area (Å²) in [5.74, 6) is 0.835. The molecule has 3 fully saturated rings. The Morgan fingerprint density at radius 2 is 1.83 bits per heavy atom. The molecule has 7 heteroatoms. The smallest absolute Gasteiger partial charge is 0.410 e. The summed E-state index contributed by atoms with van der Waals surface area (Å²) in [4.78, 5) is 29.3. The third kappa shape index (κ3) is 3.58. The van der Waals surface area contributed by atoms with E-state index in [0.717, 1.165) is 28.6 Å². The molecular formula is C28H34N4O3. The van der Waals surface area contributed by atoms with Crippen LogP contribution in [0.5, 0.6) is 0 Å². The van der Waals surface area contributed by atoms with Crippen molar-refractivity contribution in [3.05, 3.63) is 59.4 Å². The van der Waals surface area contributed by atoms with Crippen molar-refractivity contribution >= 4 is 12.0 Å². The molecule has 184 valence electrons. The molecule has 2 amide bonds. The highest BCUT2D eigenvalue weighted by molar-refractivity contribution is 5.87. The van der Waals surface area contributed by atoms with Gasteiger partial charge in [-0.3, -0.25) is 9.69 Å². The van der Waals surface area contributed by atoms with Gasteiger partial charge in [0.1, 0.15) is 5.60 Å². The molecule has 1 aromatic heterocycles. The van der Waals surface area contributed by atoms with E-state index in [-0.39, 0.29) is 18.0 Å². The fourth-order valence-electron chi connectivity index (χ4n) is 6.46. The molecule has 3 aliphatic carbocycles. The topological polar surface area (TPSA) is 67.7 Å². The largest absolute Gasteiger partial charge is 0.444 e. The van der Waals surface area contributed by atoms with E-state index < -0.39 is 5.60 Å². The van der Waals surface area contributed by atoms with Crippen LogP contribution in [0.4, 0.5) is 4.79 Å². The minimum absolute atomic E-state index is 0.122. The first kappa shape index (κ1) is 22.4. The number of carbonyl (C=O) groups excluding carboxylic acids is 2. The zero-order chi connectivity index (χ0) is 24.5. The number of hydrogen-bond acceptors (Lipinski definition) is 4. The van der Waals surface area contributed by atoms with E-state index in [2.05, 4.69) is 35.5 Å². The third-order valence-corrected chi connectivity index (χ3v) is 8.29.